The van der Waals surface area contributed by atoms with Crippen molar-refractivity contribution < 1.29 is 14.3 Å². The number of carboxylic acids is 1. The highest BCUT2D eigenvalue weighted by Gasteiger charge is 2.14. The number of carboxylic acid groups (broad SMARTS) is 1. The predicted molar refractivity (Wildman–Crippen MR) is 63.8 cm³/mol. The first-order chi connectivity index (χ1) is 8.49. The number of aromatic carboxylic acids is 1. The van der Waals surface area contributed by atoms with Crippen LogP contribution in [0.5, 0.6) is 0 Å². The van der Waals surface area contributed by atoms with Crippen LogP contribution in [0.4, 0.5) is 10.2 Å². The Labute approximate surface area is 106 Å². The van der Waals surface area contributed by atoms with Crippen molar-refractivity contribution in [3.05, 3.63) is 40.8 Å². The second kappa shape index (κ2) is 4.58. The fourth-order valence-electron chi connectivity index (χ4n) is 1.36. The lowest BCUT2D eigenvalue weighted by molar-refractivity contribution is 0.0697. The molecule has 7 heteroatoms. The summed E-state index contributed by atoms with van der Waals surface area (Å²) in [5.41, 5.74) is 5.29. The van der Waals surface area contributed by atoms with Crippen LogP contribution in [0.1, 0.15) is 10.4 Å². The topological polar surface area (TPSA) is 89.1 Å². The largest absolute Gasteiger partial charge is 0.477 e. The van der Waals surface area contributed by atoms with Crippen LogP contribution in [0.3, 0.4) is 0 Å². The van der Waals surface area contributed by atoms with Crippen LogP contribution in [0.2, 0.25) is 5.02 Å². The van der Waals surface area contributed by atoms with Crippen molar-refractivity contribution in [1.82, 2.24) is 9.97 Å². The molecule has 0 bridgehead atoms. The van der Waals surface area contributed by atoms with Gasteiger partial charge in [-0.25, -0.2) is 19.2 Å². The minimum Gasteiger partial charge on any atom is -0.477 e. The zero-order valence-corrected chi connectivity index (χ0v) is 9.65. The number of rotatable bonds is 2. The van der Waals surface area contributed by atoms with Gasteiger partial charge in [0.1, 0.15) is 17.2 Å². The van der Waals surface area contributed by atoms with Gasteiger partial charge in [-0.15, -0.1) is 0 Å². The van der Waals surface area contributed by atoms with Crippen molar-refractivity contribution in [2.75, 3.05) is 5.73 Å². The number of hydrogen-bond donors (Lipinski definition) is 2. The number of carbonyl (C=O) groups is 1. The molecule has 92 valence electrons. The van der Waals surface area contributed by atoms with Crippen LogP contribution >= 0.6 is 11.6 Å². The smallest absolute Gasteiger partial charge is 0.341 e. The Balaban J connectivity index is 2.55. The number of halogens is 2. The monoisotopic (exact) mass is 267 g/mol. The van der Waals surface area contributed by atoms with Crippen LogP contribution < -0.4 is 5.73 Å². The maximum atomic E-state index is 13.6. The molecule has 1 heterocycles. The molecule has 0 radical (unpaired) electrons. The normalized spacial score (nSPS) is 10.3. The molecule has 0 fully saturated rings. The van der Waals surface area contributed by atoms with Gasteiger partial charge in [0.05, 0.1) is 5.56 Å². The van der Waals surface area contributed by atoms with Gasteiger partial charge in [-0.2, -0.15) is 0 Å². The highest BCUT2D eigenvalue weighted by molar-refractivity contribution is 6.30. The lowest BCUT2D eigenvalue weighted by Gasteiger charge is -2.05. The SMILES string of the molecule is Nc1nc(-c2cc(Cl)ccc2F)ncc1C(=O)O. The molecule has 1 aromatic carbocycles. The molecule has 0 amide bonds. The van der Waals surface area contributed by atoms with Crippen LogP contribution in [0.15, 0.2) is 24.4 Å². The third-order valence-corrected chi connectivity index (χ3v) is 2.45. The van der Waals surface area contributed by atoms with E-state index in [2.05, 4.69) is 9.97 Å². The van der Waals surface area contributed by atoms with E-state index in [9.17, 15) is 9.18 Å². The van der Waals surface area contributed by atoms with E-state index in [4.69, 9.17) is 22.4 Å². The summed E-state index contributed by atoms with van der Waals surface area (Å²) in [5, 5.41) is 9.09. The second-order valence-electron chi connectivity index (χ2n) is 3.42. The first-order valence-corrected chi connectivity index (χ1v) is 5.18. The van der Waals surface area contributed by atoms with Gasteiger partial charge in [0, 0.05) is 11.2 Å². The van der Waals surface area contributed by atoms with Crippen molar-refractivity contribution in [1.29, 1.82) is 0 Å². The molecule has 0 saturated carbocycles. The fraction of sp³-hybridized carbons (Fsp3) is 0. The maximum Gasteiger partial charge on any atom is 0.341 e. The van der Waals surface area contributed by atoms with E-state index in [1.165, 1.54) is 18.2 Å². The second-order valence-corrected chi connectivity index (χ2v) is 3.86. The Kier molecular flexibility index (Phi) is 3.12. The molecule has 0 unspecified atom stereocenters. The van der Waals surface area contributed by atoms with Crippen molar-refractivity contribution in [2.45, 2.75) is 0 Å². The Morgan fingerprint density at radius 3 is 2.78 bits per heavy atom. The first-order valence-electron chi connectivity index (χ1n) is 4.80. The number of nitrogen functional groups attached to an aromatic ring is 1. The molecule has 0 atom stereocenters. The highest BCUT2D eigenvalue weighted by atomic mass is 35.5. The molecule has 5 nitrogen and oxygen atoms in total. The van der Waals surface area contributed by atoms with E-state index in [0.717, 1.165) is 6.20 Å². The van der Waals surface area contributed by atoms with Gasteiger partial charge < -0.3 is 10.8 Å². The van der Waals surface area contributed by atoms with Gasteiger partial charge in [0.2, 0.25) is 0 Å². The average Bonchev–Trinajstić information content (AvgIpc) is 2.31. The molecule has 18 heavy (non-hydrogen) atoms. The molecular weight excluding hydrogens is 261 g/mol. The van der Waals surface area contributed by atoms with Crippen LogP contribution in [0, 0.1) is 5.82 Å². The zero-order chi connectivity index (χ0) is 13.3. The van der Waals surface area contributed by atoms with E-state index >= 15 is 0 Å². The highest BCUT2D eigenvalue weighted by Crippen LogP contribution is 2.24. The zero-order valence-electron chi connectivity index (χ0n) is 8.89. The van der Waals surface area contributed by atoms with Gasteiger partial charge in [-0.05, 0) is 18.2 Å². The van der Waals surface area contributed by atoms with Gasteiger partial charge in [-0.3, -0.25) is 0 Å². The molecule has 2 aromatic rings. The molecule has 0 spiro atoms. The molecule has 0 aliphatic carbocycles. The third-order valence-electron chi connectivity index (χ3n) is 2.22. The molecule has 2 rings (SSSR count). The fourth-order valence-corrected chi connectivity index (χ4v) is 1.53. The minimum absolute atomic E-state index is 0.0162. The third kappa shape index (κ3) is 2.23. The summed E-state index contributed by atoms with van der Waals surface area (Å²) in [6.45, 7) is 0. The number of nitrogens with two attached hydrogens (primary N) is 1. The van der Waals surface area contributed by atoms with Crippen molar-refractivity contribution in [3.8, 4) is 11.4 Å². The molecule has 0 aliphatic rings. The number of hydrogen-bond acceptors (Lipinski definition) is 4. The molecule has 0 aliphatic heterocycles. The Hall–Kier alpha value is -2.21. The lowest BCUT2D eigenvalue weighted by Crippen LogP contribution is -2.07. The van der Waals surface area contributed by atoms with Gasteiger partial charge in [0.15, 0.2) is 5.82 Å². The van der Waals surface area contributed by atoms with Gasteiger partial charge >= 0.3 is 5.97 Å². The molecular formula is C11H7ClFN3O2. The molecule has 1 aromatic heterocycles. The minimum atomic E-state index is -1.24. The standard InChI is InChI=1S/C11H7ClFN3O2/c12-5-1-2-8(13)6(3-5)10-15-4-7(11(17)18)9(14)16-10/h1-4H,(H,17,18)(H2,14,15,16). The number of anilines is 1. The predicted octanol–water partition coefficient (Wildman–Crippen LogP) is 2.22. The number of nitrogens with zero attached hydrogens (tertiary/aromatic N) is 2. The summed E-state index contributed by atoms with van der Waals surface area (Å²) < 4.78 is 13.6. The van der Waals surface area contributed by atoms with Crippen molar-refractivity contribution in [3.63, 3.8) is 0 Å². The first kappa shape index (κ1) is 12.3. The Morgan fingerprint density at radius 2 is 2.17 bits per heavy atom. The summed E-state index contributed by atoms with van der Waals surface area (Å²) >= 11 is 5.74. The van der Waals surface area contributed by atoms with Crippen molar-refractivity contribution >= 4 is 23.4 Å². The number of aromatic nitrogens is 2. The van der Waals surface area contributed by atoms with Gasteiger partial charge in [0.25, 0.3) is 0 Å². The summed E-state index contributed by atoms with van der Waals surface area (Å²) in [5.74, 6) is -2.06. The molecule has 3 N–H and O–H groups in total. The summed E-state index contributed by atoms with van der Waals surface area (Å²) in [7, 11) is 0. The molecule has 0 saturated heterocycles. The maximum absolute atomic E-state index is 13.6. The Morgan fingerprint density at radius 1 is 1.44 bits per heavy atom. The van der Waals surface area contributed by atoms with Crippen LogP contribution in [0.25, 0.3) is 11.4 Å². The average molecular weight is 268 g/mol. The van der Waals surface area contributed by atoms with Crippen LogP contribution in [-0.4, -0.2) is 21.0 Å². The van der Waals surface area contributed by atoms with E-state index in [1.54, 1.807) is 0 Å². The number of benzene rings is 1. The quantitative estimate of drug-likeness (QED) is 0.871. The summed E-state index contributed by atoms with van der Waals surface area (Å²) in [4.78, 5) is 18.3. The van der Waals surface area contributed by atoms with E-state index < -0.39 is 11.8 Å². The Bertz CT molecular complexity index is 634. The van der Waals surface area contributed by atoms with E-state index in [1.807, 2.05) is 0 Å². The summed E-state index contributed by atoms with van der Waals surface area (Å²) in [6, 6.07) is 3.89. The van der Waals surface area contributed by atoms with E-state index in [-0.39, 0.29) is 22.8 Å². The van der Waals surface area contributed by atoms with Crippen molar-refractivity contribution in [2.24, 2.45) is 0 Å². The van der Waals surface area contributed by atoms with E-state index in [0.29, 0.717) is 5.02 Å². The summed E-state index contributed by atoms with van der Waals surface area (Å²) in [6.07, 6.45) is 1.03. The van der Waals surface area contributed by atoms with Crippen LogP contribution in [-0.2, 0) is 0 Å². The lowest BCUT2D eigenvalue weighted by atomic mass is 10.2. The van der Waals surface area contributed by atoms with Gasteiger partial charge in [-0.1, -0.05) is 11.6 Å².